The average Bonchev–Trinajstić information content (AvgIpc) is 3.35. The summed E-state index contributed by atoms with van der Waals surface area (Å²) in [4.78, 5) is 28.1. The molecule has 5 rings (SSSR count). The third kappa shape index (κ3) is 4.10. The van der Waals surface area contributed by atoms with E-state index in [0.717, 1.165) is 49.5 Å². The minimum atomic E-state index is -0.293. The van der Waals surface area contributed by atoms with Crippen LogP contribution in [0.15, 0.2) is 60.1 Å². The van der Waals surface area contributed by atoms with Crippen LogP contribution in [0.25, 0.3) is 0 Å². The van der Waals surface area contributed by atoms with Gasteiger partial charge in [0.1, 0.15) is 12.0 Å². The van der Waals surface area contributed by atoms with Gasteiger partial charge < -0.3 is 25.5 Å². The Morgan fingerprint density at radius 2 is 1.97 bits per heavy atom. The summed E-state index contributed by atoms with van der Waals surface area (Å²) in [5.41, 5.74) is 4.56. The van der Waals surface area contributed by atoms with Crippen LogP contribution in [0.1, 0.15) is 10.5 Å². The monoisotopic (exact) mass is 463 g/mol. The summed E-state index contributed by atoms with van der Waals surface area (Å²) in [5, 5.41) is 18.6. The second-order valence-corrected chi connectivity index (χ2v) is 8.74. The summed E-state index contributed by atoms with van der Waals surface area (Å²) >= 11 is 1.36. The van der Waals surface area contributed by atoms with Crippen molar-refractivity contribution in [3.63, 3.8) is 0 Å². The molecule has 3 N–H and O–H groups in total. The van der Waals surface area contributed by atoms with Gasteiger partial charge in [0, 0.05) is 44.8 Å². The number of carbonyl (C=O) groups excluding carboxylic acids is 1. The fourth-order valence-corrected chi connectivity index (χ4v) is 5.03. The standard InChI is InChI=1S/C23H25N7O2S/c1-28-13-16(14-31)30(21-5-3-2-4-20(21)28)23-27-18(15-33-23)22(32)26-17-12-25-7-6-19(17)29-10-8-24-9-11-29/h2-7,12,14-15,24,31H,8-11,13H2,1H3,(H,26,32)/b16-14-. The van der Waals surface area contributed by atoms with Crippen molar-refractivity contribution in [2.45, 2.75) is 0 Å². The van der Waals surface area contributed by atoms with Gasteiger partial charge in [-0.2, -0.15) is 0 Å². The number of aliphatic hydroxyl groups is 1. The van der Waals surface area contributed by atoms with Crippen molar-refractivity contribution in [2.24, 2.45) is 0 Å². The normalized spacial score (nSPS) is 17.2. The highest BCUT2D eigenvalue weighted by atomic mass is 32.1. The lowest BCUT2D eigenvalue weighted by molar-refractivity contribution is 0.102. The fourth-order valence-electron chi connectivity index (χ4n) is 4.18. The lowest BCUT2D eigenvalue weighted by Gasteiger charge is -2.36. The van der Waals surface area contributed by atoms with Crippen LogP contribution in [0.5, 0.6) is 0 Å². The van der Waals surface area contributed by atoms with Crippen molar-refractivity contribution in [1.82, 2.24) is 15.3 Å². The van der Waals surface area contributed by atoms with E-state index in [2.05, 4.69) is 30.4 Å². The van der Waals surface area contributed by atoms with E-state index in [4.69, 9.17) is 0 Å². The highest BCUT2D eigenvalue weighted by Crippen LogP contribution is 2.42. The van der Waals surface area contributed by atoms with Gasteiger partial charge in [0.25, 0.3) is 5.91 Å². The van der Waals surface area contributed by atoms with Crippen molar-refractivity contribution < 1.29 is 9.90 Å². The van der Waals surface area contributed by atoms with E-state index in [-0.39, 0.29) is 5.91 Å². The van der Waals surface area contributed by atoms with Crippen LogP contribution in [0, 0.1) is 0 Å². The molecule has 3 aromatic rings. The molecule has 1 saturated heterocycles. The van der Waals surface area contributed by atoms with E-state index in [0.29, 0.717) is 28.8 Å². The number of amides is 1. The Morgan fingerprint density at radius 3 is 2.76 bits per heavy atom. The molecule has 4 heterocycles. The molecule has 10 heteroatoms. The number of hydrogen-bond donors (Lipinski definition) is 3. The summed E-state index contributed by atoms with van der Waals surface area (Å²) in [6.45, 7) is 4.06. The molecule has 0 aliphatic carbocycles. The third-order valence-corrected chi connectivity index (χ3v) is 6.62. The minimum absolute atomic E-state index is 0.293. The Kier molecular flexibility index (Phi) is 5.84. The summed E-state index contributed by atoms with van der Waals surface area (Å²) in [7, 11) is 1.98. The first kappa shape index (κ1) is 21.2. The van der Waals surface area contributed by atoms with Crippen molar-refractivity contribution in [3.8, 4) is 0 Å². The zero-order valence-electron chi connectivity index (χ0n) is 18.2. The quantitative estimate of drug-likeness (QED) is 0.508. The van der Waals surface area contributed by atoms with Gasteiger partial charge in [-0.15, -0.1) is 11.3 Å². The summed E-state index contributed by atoms with van der Waals surface area (Å²) in [6, 6.07) is 9.85. The third-order valence-electron chi connectivity index (χ3n) is 5.79. The van der Waals surface area contributed by atoms with Gasteiger partial charge in [-0.25, -0.2) is 4.98 Å². The number of likely N-dealkylation sites (N-methyl/N-ethyl adjacent to an activating group) is 1. The first-order chi connectivity index (χ1) is 16.2. The smallest absolute Gasteiger partial charge is 0.275 e. The predicted molar refractivity (Wildman–Crippen MR) is 132 cm³/mol. The highest BCUT2D eigenvalue weighted by molar-refractivity contribution is 7.14. The van der Waals surface area contributed by atoms with E-state index in [9.17, 15) is 9.90 Å². The van der Waals surface area contributed by atoms with Crippen LogP contribution in [-0.4, -0.2) is 60.8 Å². The Morgan fingerprint density at radius 1 is 1.18 bits per heavy atom. The molecule has 1 aromatic carbocycles. The van der Waals surface area contributed by atoms with E-state index in [1.165, 1.54) is 11.3 Å². The Bertz CT molecular complexity index is 1190. The van der Waals surface area contributed by atoms with Crippen molar-refractivity contribution in [3.05, 3.63) is 65.8 Å². The average molecular weight is 464 g/mol. The molecular formula is C23H25N7O2S. The topological polar surface area (TPSA) is 96.9 Å². The van der Waals surface area contributed by atoms with Crippen molar-refractivity contribution >= 4 is 45.1 Å². The number of piperazine rings is 1. The van der Waals surface area contributed by atoms with E-state index >= 15 is 0 Å². The molecule has 0 spiro atoms. The van der Waals surface area contributed by atoms with Gasteiger partial charge in [-0.3, -0.25) is 14.7 Å². The number of nitrogens with zero attached hydrogens (tertiary/aromatic N) is 5. The molecule has 1 fully saturated rings. The van der Waals surface area contributed by atoms with Gasteiger partial charge in [-0.1, -0.05) is 12.1 Å². The molecule has 0 bridgehead atoms. The maximum Gasteiger partial charge on any atom is 0.275 e. The van der Waals surface area contributed by atoms with Gasteiger partial charge in [0.05, 0.1) is 41.2 Å². The molecule has 2 aliphatic heterocycles. The molecule has 1 amide bonds. The lowest BCUT2D eigenvalue weighted by atomic mass is 10.1. The van der Waals surface area contributed by atoms with Crippen LogP contribution >= 0.6 is 11.3 Å². The number of aromatic nitrogens is 2. The summed E-state index contributed by atoms with van der Waals surface area (Å²) in [6.07, 6.45) is 4.51. The number of nitrogens with one attached hydrogen (secondary N) is 2. The van der Waals surface area contributed by atoms with E-state index < -0.39 is 0 Å². The Balaban J connectivity index is 1.41. The number of hydrogen-bond acceptors (Lipinski definition) is 9. The van der Waals surface area contributed by atoms with Gasteiger partial charge in [0.2, 0.25) is 0 Å². The molecule has 0 saturated carbocycles. The van der Waals surface area contributed by atoms with Crippen LogP contribution in [0.2, 0.25) is 0 Å². The maximum absolute atomic E-state index is 13.1. The predicted octanol–water partition coefficient (Wildman–Crippen LogP) is 3.19. The van der Waals surface area contributed by atoms with E-state index in [1.807, 2.05) is 42.3 Å². The lowest BCUT2D eigenvalue weighted by Crippen LogP contribution is -2.43. The number of carbonyl (C=O) groups is 1. The number of benzene rings is 1. The number of pyridine rings is 1. The zero-order chi connectivity index (χ0) is 22.8. The molecule has 0 atom stereocenters. The van der Waals surface area contributed by atoms with Crippen molar-refractivity contribution in [1.29, 1.82) is 0 Å². The van der Waals surface area contributed by atoms with Gasteiger partial charge in [0.15, 0.2) is 5.13 Å². The fraction of sp³-hybridized carbons (Fsp3) is 0.261. The van der Waals surface area contributed by atoms with Crippen LogP contribution in [0.3, 0.4) is 0 Å². The number of rotatable bonds is 4. The number of thiazole rings is 1. The molecule has 0 unspecified atom stereocenters. The van der Waals surface area contributed by atoms with Gasteiger partial charge in [-0.05, 0) is 18.2 Å². The number of anilines is 5. The van der Waals surface area contributed by atoms with Crippen molar-refractivity contribution in [2.75, 3.05) is 59.8 Å². The first-order valence-electron chi connectivity index (χ1n) is 10.8. The number of para-hydroxylation sites is 2. The maximum atomic E-state index is 13.1. The zero-order valence-corrected chi connectivity index (χ0v) is 19.0. The van der Waals surface area contributed by atoms with Gasteiger partial charge >= 0.3 is 0 Å². The number of fused-ring (bicyclic) bond motifs is 1. The Labute approximate surface area is 196 Å². The molecule has 33 heavy (non-hydrogen) atoms. The Hall–Kier alpha value is -3.63. The number of aliphatic hydroxyl groups excluding tert-OH is 1. The SMILES string of the molecule is CN1C/C(=C/O)N(c2nc(C(=O)Nc3cnccc3N3CCNCC3)cs2)c2ccccc21. The molecule has 2 aromatic heterocycles. The van der Waals surface area contributed by atoms with Crippen LogP contribution in [-0.2, 0) is 0 Å². The largest absolute Gasteiger partial charge is 0.514 e. The second kappa shape index (κ2) is 9.08. The molecule has 170 valence electrons. The van der Waals surface area contributed by atoms with Crippen LogP contribution < -0.4 is 25.3 Å². The second-order valence-electron chi connectivity index (χ2n) is 7.90. The molecule has 2 aliphatic rings. The summed E-state index contributed by atoms with van der Waals surface area (Å²) in [5.74, 6) is -0.293. The molecule has 0 radical (unpaired) electrons. The van der Waals surface area contributed by atoms with E-state index in [1.54, 1.807) is 17.8 Å². The summed E-state index contributed by atoms with van der Waals surface area (Å²) < 4.78 is 0. The molecule has 9 nitrogen and oxygen atoms in total. The first-order valence-corrected chi connectivity index (χ1v) is 11.6. The molecular weight excluding hydrogens is 438 g/mol. The minimum Gasteiger partial charge on any atom is -0.514 e. The highest BCUT2D eigenvalue weighted by Gasteiger charge is 2.28. The van der Waals surface area contributed by atoms with Crippen LogP contribution in [0.4, 0.5) is 27.9 Å².